The zero-order chi connectivity index (χ0) is 8.97. The van der Waals surface area contributed by atoms with Gasteiger partial charge in [-0.05, 0) is 24.1 Å². The third kappa shape index (κ3) is 1.92. The summed E-state index contributed by atoms with van der Waals surface area (Å²) < 4.78 is 4.97. The molecular weight excluding hydrogens is 152 g/mol. The van der Waals surface area contributed by atoms with Crippen LogP contribution >= 0.6 is 0 Å². The second kappa shape index (κ2) is 4.02. The van der Waals surface area contributed by atoms with Crippen molar-refractivity contribution in [3.8, 4) is 0 Å². The molecule has 0 saturated heterocycles. The highest BCUT2D eigenvalue weighted by Crippen LogP contribution is 2.13. The Morgan fingerprint density at radius 2 is 2.42 bits per heavy atom. The van der Waals surface area contributed by atoms with Gasteiger partial charge in [0, 0.05) is 7.11 Å². The zero-order valence-electron chi connectivity index (χ0n) is 7.12. The molecule has 0 radical (unpaired) electrons. The molecule has 2 heteroatoms. The maximum atomic E-state index is 11.1. The highest BCUT2D eigenvalue weighted by Gasteiger charge is 2.15. The molecule has 1 rings (SSSR count). The number of hydrogen-bond donors (Lipinski definition) is 0. The molecule has 1 aliphatic rings. The predicted octanol–water partition coefficient (Wildman–Crippen LogP) is 1.64. The van der Waals surface area contributed by atoms with Crippen LogP contribution in [0.3, 0.4) is 0 Å². The van der Waals surface area contributed by atoms with E-state index >= 15 is 0 Å². The molecule has 0 aromatic rings. The molecule has 0 N–H and O–H groups in total. The summed E-state index contributed by atoms with van der Waals surface area (Å²) in [5.41, 5.74) is 1.08. The second-order valence-corrected chi connectivity index (χ2v) is 2.63. The first-order chi connectivity index (χ1) is 5.77. The minimum Gasteiger partial charge on any atom is -0.369 e. The highest BCUT2D eigenvalue weighted by atomic mass is 16.5. The van der Waals surface area contributed by atoms with Gasteiger partial charge in [0.1, 0.15) is 6.10 Å². The standard InChI is InChI=1S/C10H12O2/c1-3-4-8-5-6-9(11)10(7-8)12-2/h3,5-7,10H,1,4H2,2H3. The Balaban J connectivity index is 2.72. The lowest BCUT2D eigenvalue weighted by molar-refractivity contribution is -0.121. The summed E-state index contributed by atoms with van der Waals surface area (Å²) in [6.07, 6.45) is 7.36. The largest absolute Gasteiger partial charge is 0.369 e. The summed E-state index contributed by atoms with van der Waals surface area (Å²) >= 11 is 0. The molecule has 0 aromatic heterocycles. The minimum absolute atomic E-state index is 0.00492. The Labute approximate surface area is 72.2 Å². The molecule has 64 valence electrons. The van der Waals surface area contributed by atoms with Crippen LogP contribution in [-0.2, 0) is 9.53 Å². The van der Waals surface area contributed by atoms with E-state index in [0.29, 0.717) is 0 Å². The van der Waals surface area contributed by atoms with Crippen molar-refractivity contribution in [2.75, 3.05) is 7.11 Å². The molecule has 0 aromatic carbocycles. The van der Waals surface area contributed by atoms with E-state index in [4.69, 9.17) is 4.74 Å². The Hall–Kier alpha value is -1.15. The number of carbonyl (C=O) groups is 1. The van der Waals surface area contributed by atoms with Gasteiger partial charge in [0.15, 0.2) is 5.78 Å². The van der Waals surface area contributed by atoms with Gasteiger partial charge in [-0.3, -0.25) is 4.79 Å². The van der Waals surface area contributed by atoms with Crippen molar-refractivity contribution in [2.24, 2.45) is 0 Å². The predicted molar refractivity (Wildman–Crippen MR) is 47.8 cm³/mol. The van der Waals surface area contributed by atoms with Crippen LogP contribution in [0.4, 0.5) is 0 Å². The summed E-state index contributed by atoms with van der Waals surface area (Å²) in [7, 11) is 1.53. The lowest BCUT2D eigenvalue weighted by Gasteiger charge is -2.12. The van der Waals surface area contributed by atoms with Crippen molar-refractivity contribution in [2.45, 2.75) is 12.5 Å². The topological polar surface area (TPSA) is 26.3 Å². The molecule has 0 amide bonds. The minimum atomic E-state index is -0.398. The average Bonchev–Trinajstić information content (AvgIpc) is 2.09. The number of ketones is 1. The zero-order valence-corrected chi connectivity index (χ0v) is 7.12. The Bertz CT molecular complexity index is 249. The van der Waals surface area contributed by atoms with E-state index in [0.717, 1.165) is 12.0 Å². The van der Waals surface area contributed by atoms with Gasteiger partial charge in [0.05, 0.1) is 0 Å². The Kier molecular flexibility index (Phi) is 3.00. The maximum absolute atomic E-state index is 11.1. The fraction of sp³-hybridized carbons (Fsp3) is 0.300. The number of hydrogen-bond acceptors (Lipinski definition) is 2. The summed E-state index contributed by atoms with van der Waals surface area (Å²) in [6.45, 7) is 3.62. The van der Waals surface area contributed by atoms with Crippen molar-refractivity contribution in [1.29, 1.82) is 0 Å². The van der Waals surface area contributed by atoms with E-state index in [-0.39, 0.29) is 5.78 Å². The van der Waals surface area contributed by atoms with Gasteiger partial charge >= 0.3 is 0 Å². The summed E-state index contributed by atoms with van der Waals surface area (Å²) in [4.78, 5) is 11.1. The molecule has 0 heterocycles. The van der Waals surface area contributed by atoms with Crippen LogP contribution in [0.1, 0.15) is 6.42 Å². The van der Waals surface area contributed by atoms with Gasteiger partial charge < -0.3 is 4.74 Å². The summed E-state index contributed by atoms with van der Waals surface area (Å²) in [6, 6.07) is 0. The van der Waals surface area contributed by atoms with Crippen LogP contribution < -0.4 is 0 Å². The molecule has 0 bridgehead atoms. The second-order valence-electron chi connectivity index (χ2n) is 2.63. The van der Waals surface area contributed by atoms with E-state index in [1.807, 2.05) is 6.08 Å². The SMILES string of the molecule is C=CCC1=CC(OC)C(=O)C=C1. The van der Waals surface area contributed by atoms with Crippen LogP contribution in [-0.4, -0.2) is 19.0 Å². The van der Waals surface area contributed by atoms with Gasteiger partial charge in [-0.2, -0.15) is 0 Å². The lowest BCUT2D eigenvalue weighted by Crippen LogP contribution is -2.21. The molecule has 1 aliphatic carbocycles. The molecule has 1 atom stereocenters. The van der Waals surface area contributed by atoms with Gasteiger partial charge in [-0.25, -0.2) is 0 Å². The van der Waals surface area contributed by atoms with Crippen LogP contribution in [0.15, 0.2) is 36.5 Å². The monoisotopic (exact) mass is 164 g/mol. The van der Waals surface area contributed by atoms with Gasteiger partial charge in [-0.1, -0.05) is 12.2 Å². The number of methoxy groups -OCH3 is 1. The molecule has 1 unspecified atom stereocenters. The molecule has 0 spiro atoms. The number of rotatable bonds is 3. The fourth-order valence-corrected chi connectivity index (χ4v) is 1.10. The molecule has 12 heavy (non-hydrogen) atoms. The smallest absolute Gasteiger partial charge is 0.188 e. The van der Waals surface area contributed by atoms with Crippen LogP contribution in [0.25, 0.3) is 0 Å². The van der Waals surface area contributed by atoms with Gasteiger partial charge in [-0.15, -0.1) is 6.58 Å². The number of allylic oxidation sites excluding steroid dienone is 3. The van der Waals surface area contributed by atoms with E-state index in [1.54, 1.807) is 18.2 Å². The third-order valence-corrected chi connectivity index (χ3v) is 1.74. The third-order valence-electron chi connectivity index (χ3n) is 1.74. The van der Waals surface area contributed by atoms with E-state index < -0.39 is 6.10 Å². The van der Waals surface area contributed by atoms with E-state index in [2.05, 4.69) is 6.58 Å². The van der Waals surface area contributed by atoms with Gasteiger partial charge in [0.2, 0.25) is 0 Å². The highest BCUT2D eigenvalue weighted by molar-refractivity contribution is 5.96. The first-order valence-corrected chi connectivity index (χ1v) is 3.84. The molecule has 0 aliphatic heterocycles. The maximum Gasteiger partial charge on any atom is 0.188 e. The summed E-state index contributed by atoms with van der Waals surface area (Å²) in [5.74, 6) is 0.00492. The molecule has 0 saturated carbocycles. The number of ether oxygens (including phenoxy) is 1. The first kappa shape index (κ1) is 8.94. The van der Waals surface area contributed by atoms with Crippen molar-refractivity contribution in [3.63, 3.8) is 0 Å². The quantitative estimate of drug-likeness (QED) is 0.593. The Morgan fingerprint density at radius 3 is 3.00 bits per heavy atom. The first-order valence-electron chi connectivity index (χ1n) is 3.84. The van der Waals surface area contributed by atoms with Crippen molar-refractivity contribution < 1.29 is 9.53 Å². The van der Waals surface area contributed by atoms with Crippen LogP contribution in [0.5, 0.6) is 0 Å². The molecule has 2 nitrogen and oxygen atoms in total. The molecular formula is C10H12O2. The van der Waals surface area contributed by atoms with E-state index in [9.17, 15) is 4.79 Å². The Morgan fingerprint density at radius 1 is 1.67 bits per heavy atom. The van der Waals surface area contributed by atoms with Gasteiger partial charge in [0.25, 0.3) is 0 Å². The van der Waals surface area contributed by atoms with Crippen molar-refractivity contribution in [1.82, 2.24) is 0 Å². The van der Waals surface area contributed by atoms with E-state index in [1.165, 1.54) is 7.11 Å². The number of carbonyl (C=O) groups excluding carboxylic acids is 1. The lowest BCUT2D eigenvalue weighted by atomic mass is 10.0. The fourth-order valence-electron chi connectivity index (χ4n) is 1.10. The van der Waals surface area contributed by atoms with Crippen molar-refractivity contribution >= 4 is 5.78 Å². The normalized spacial score (nSPS) is 22.2. The van der Waals surface area contributed by atoms with Crippen molar-refractivity contribution in [3.05, 3.63) is 36.5 Å². The van der Waals surface area contributed by atoms with Crippen LogP contribution in [0.2, 0.25) is 0 Å². The summed E-state index contributed by atoms with van der Waals surface area (Å²) in [5, 5.41) is 0. The average molecular weight is 164 g/mol. The van der Waals surface area contributed by atoms with Crippen LogP contribution in [0, 0.1) is 0 Å². The molecule has 0 fully saturated rings.